The molecular formula is C11H21N. The minimum Gasteiger partial charge on any atom is -0.319 e. The Labute approximate surface area is 76.6 Å². The van der Waals surface area contributed by atoms with Crippen LogP contribution in [0, 0.1) is 0 Å². The Morgan fingerprint density at radius 3 is 2.67 bits per heavy atom. The van der Waals surface area contributed by atoms with Crippen molar-refractivity contribution in [2.45, 2.75) is 33.1 Å². The van der Waals surface area contributed by atoms with Crippen LogP contribution in [-0.4, -0.2) is 13.6 Å². The second-order valence-corrected chi connectivity index (χ2v) is 3.22. The molecule has 1 nitrogen and oxygen atoms in total. The van der Waals surface area contributed by atoms with Crippen molar-refractivity contribution >= 4 is 0 Å². The van der Waals surface area contributed by atoms with Gasteiger partial charge in [-0.2, -0.15) is 0 Å². The largest absolute Gasteiger partial charge is 0.319 e. The zero-order chi connectivity index (χ0) is 9.40. The van der Waals surface area contributed by atoms with Gasteiger partial charge in [0, 0.05) is 0 Å². The Morgan fingerprint density at radius 2 is 2.17 bits per heavy atom. The first-order valence-electron chi connectivity index (χ1n) is 4.67. The van der Waals surface area contributed by atoms with Gasteiger partial charge in [0.1, 0.15) is 0 Å². The van der Waals surface area contributed by atoms with Gasteiger partial charge in [0.2, 0.25) is 0 Å². The highest BCUT2D eigenvalue weighted by molar-refractivity contribution is 5.10. The molecule has 0 saturated carbocycles. The van der Waals surface area contributed by atoms with Crippen molar-refractivity contribution in [3.05, 3.63) is 23.8 Å². The highest BCUT2D eigenvalue weighted by Crippen LogP contribution is 2.11. The van der Waals surface area contributed by atoms with E-state index in [1.165, 1.54) is 11.1 Å². The van der Waals surface area contributed by atoms with Crippen LogP contribution in [0.3, 0.4) is 0 Å². The van der Waals surface area contributed by atoms with Gasteiger partial charge in [0.25, 0.3) is 0 Å². The molecule has 1 N–H and O–H groups in total. The minimum atomic E-state index is 1.07. The Hall–Kier alpha value is -0.560. The van der Waals surface area contributed by atoms with Crippen molar-refractivity contribution in [2.24, 2.45) is 0 Å². The number of hydrogen-bond donors (Lipinski definition) is 1. The summed E-state index contributed by atoms with van der Waals surface area (Å²) in [6, 6.07) is 0. The summed E-state index contributed by atoms with van der Waals surface area (Å²) in [4.78, 5) is 0. The van der Waals surface area contributed by atoms with Crippen molar-refractivity contribution < 1.29 is 0 Å². The lowest BCUT2D eigenvalue weighted by atomic mass is 10.1. The molecule has 0 aromatic rings. The average Bonchev–Trinajstić information content (AvgIpc) is 2.05. The predicted octanol–water partition coefficient (Wildman–Crippen LogP) is 2.90. The molecule has 0 aromatic carbocycles. The van der Waals surface area contributed by atoms with Crippen LogP contribution in [0.15, 0.2) is 23.8 Å². The van der Waals surface area contributed by atoms with E-state index in [1.54, 1.807) is 0 Å². The summed E-state index contributed by atoms with van der Waals surface area (Å²) in [6.07, 6.45) is 5.58. The van der Waals surface area contributed by atoms with E-state index in [9.17, 15) is 0 Å². The van der Waals surface area contributed by atoms with Gasteiger partial charge in [0.15, 0.2) is 0 Å². The predicted molar refractivity (Wildman–Crippen MR) is 56.3 cm³/mol. The van der Waals surface area contributed by atoms with Gasteiger partial charge < -0.3 is 5.32 Å². The highest BCUT2D eigenvalue weighted by atomic mass is 14.8. The van der Waals surface area contributed by atoms with E-state index >= 15 is 0 Å². The molecule has 0 aromatic heterocycles. The molecule has 0 saturated heterocycles. The van der Waals surface area contributed by atoms with Crippen LogP contribution < -0.4 is 5.32 Å². The van der Waals surface area contributed by atoms with Crippen LogP contribution in [0.4, 0.5) is 0 Å². The van der Waals surface area contributed by atoms with Crippen molar-refractivity contribution in [2.75, 3.05) is 13.6 Å². The van der Waals surface area contributed by atoms with Gasteiger partial charge in [-0.25, -0.2) is 0 Å². The van der Waals surface area contributed by atoms with E-state index in [-0.39, 0.29) is 0 Å². The summed E-state index contributed by atoms with van der Waals surface area (Å²) >= 11 is 0. The molecule has 0 aliphatic heterocycles. The SMILES string of the molecule is C=C(CC)CC(C)=CCCNC. The summed E-state index contributed by atoms with van der Waals surface area (Å²) < 4.78 is 0. The molecular weight excluding hydrogens is 146 g/mol. The molecule has 12 heavy (non-hydrogen) atoms. The van der Waals surface area contributed by atoms with Crippen LogP contribution in [0.25, 0.3) is 0 Å². The quantitative estimate of drug-likeness (QED) is 0.474. The average molecular weight is 167 g/mol. The fraction of sp³-hybridized carbons (Fsp3) is 0.636. The van der Waals surface area contributed by atoms with E-state index in [0.717, 1.165) is 25.8 Å². The third-order valence-corrected chi connectivity index (χ3v) is 1.92. The van der Waals surface area contributed by atoms with Gasteiger partial charge in [-0.1, -0.05) is 30.7 Å². The molecule has 0 radical (unpaired) electrons. The summed E-state index contributed by atoms with van der Waals surface area (Å²) in [5.74, 6) is 0. The van der Waals surface area contributed by atoms with Crippen molar-refractivity contribution in [3.8, 4) is 0 Å². The summed E-state index contributed by atoms with van der Waals surface area (Å²) in [6.45, 7) is 9.38. The van der Waals surface area contributed by atoms with Crippen LogP contribution in [0.1, 0.15) is 33.1 Å². The topological polar surface area (TPSA) is 12.0 Å². The fourth-order valence-electron chi connectivity index (χ4n) is 1.05. The van der Waals surface area contributed by atoms with Crippen LogP contribution in [0.2, 0.25) is 0 Å². The monoisotopic (exact) mass is 167 g/mol. The fourth-order valence-corrected chi connectivity index (χ4v) is 1.05. The van der Waals surface area contributed by atoms with Gasteiger partial charge in [-0.15, -0.1) is 0 Å². The molecule has 0 amide bonds. The van der Waals surface area contributed by atoms with E-state index in [0.29, 0.717) is 0 Å². The Morgan fingerprint density at radius 1 is 1.50 bits per heavy atom. The van der Waals surface area contributed by atoms with Crippen molar-refractivity contribution in [3.63, 3.8) is 0 Å². The maximum atomic E-state index is 3.98. The second-order valence-electron chi connectivity index (χ2n) is 3.22. The molecule has 0 heterocycles. The zero-order valence-corrected chi connectivity index (χ0v) is 8.61. The van der Waals surface area contributed by atoms with Gasteiger partial charge >= 0.3 is 0 Å². The first kappa shape index (κ1) is 11.4. The maximum Gasteiger partial charge on any atom is -0.00172 e. The highest BCUT2D eigenvalue weighted by Gasteiger charge is 1.92. The number of hydrogen-bond acceptors (Lipinski definition) is 1. The van der Waals surface area contributed by atoms with Gasteiger partial charge in [0.05, 0.1) is 0 Å². The van der Waals surface area contributed by atoms with Gasteiger partial charge in [-0.05, 0) is 39.8 Å². The number of rotatable bonds is 6. The maximum absolute atomic E-state index is 3.98. The second kappa shape index (κ2) is 7.11. The lowest BCUT2D eigenvalue weighted by Gasteiger charge is -2.02. The lowest BCUT2D eigenvalue weighted by molar-refractivity contribution is 0.802. The first-order chi connectivity index (χ1) is 5.70. The normalized spacial score (nSPS) is 11.8. The van der Waals surface area contributed by atoms with E-state index < -0.39 is 0 Å². The molecule has 0 aliphatic rings. The van der Waals surface area contributed by atoms with Gasteiger partial charge in [-0.3, -0.25) is 0 Å². The summed E-state index contributed by atoms with van der Waals surface area (Å²) in [5.41, 5.74) is 2.77. The minimum absolute atomic E-state index is 1.07. The molecule has 1 heteroatoms. The molecule has 0 spiro atoms. The third kappa shape index (κ3) is 6.17. The molecule has 0 fully saturated rings. The Bertz CT molecular complexity index is 156. The lowest BCUT2D eigenvalue weighted by Crippen LogP contribution is -2.06. The van der Waals surface area contributed by atoms with Crippen molar-refractivity contribution in [1.29, 1.82) is 0 Å². The molecule has 70 valence electrons. The van der Waals surface area contributed by atoms with Crippen LogP contribution >= 0.6 is 0 Å². The standard InChI is InChI=1S/C11H21N/c1-5-10(2)9-11(3)7-6-8-12-4/h7,12H,2,5-6,8-9H2,1,3-4H3. The van der Waals surface area contributed by atoms with Crippen LogP contribution in [-0.2, 0) is 0 Å². The first-order valence-corrected chi connectivity index (χ1v) is 4.67. The molecule has 0 rings (SSSR count). The number of nitrogens with one attached hydrogen (secondary N) is 1. The molecule has 0 atom stereocenters. The number of allylic oxidation sites excluding steroid dienone is 2. The van der Waals surface area contributed by atoms with E-state index in [4.69, 9.17) is 0 Å². The van der Waals surface area contributed by atoms with Crippen molar-refractivity contribution in [1.82, 2.24) is 5.32 Å². The summed E-state index contributed by atoms with van der Waals surface area (Å²) in [7, 11) is 1.98. The molecule has 0 bridgehead atoms. The zero-order valence-electron chi connectivity index (χ0n) is 8.61. The Kier molecular flexibility index (Phi) is 6.78. The smallest absolute Gasteiger partial charge is 0.00172 e. The van der Waals surface area contributed by atoms with E-state index in [2.05, 4.69) is 31.8 Å². The third-order valence-electron chi connectivity index (χ3n) is 1.92. The van der Waals surface area contributed by atoms with E-state index in [1.807, 2.05) is 7.05 Å². The van der Waals surface area contributed by atoms with Crippen LogP contribution in [0.5, 0.6) is 0 Å². The molecule has 0 unspecified atom stereocenters. The molecule has 0 aliphatic carbocycles. The Balaban J connectivity index is 3.62. The summed E-state index contributed by atoms with van der Waals surface area (Å²) in [5, 5.41) is 3.12.